The molecule has 4 nitrogen and oxygen atoms in total. The highest BCUT2D eigenvalue weighted by Crippen LogP contribution is 2.24. The minimum Gasteiger partial charge on any atom is -0.398 e. The summed E-state index contributed by atoms with van der Waals surface area (Å²) >= 11 is 3.37. The molecular weight excluding hydrogens is 320 g/mol. The summed E-state index contributed by atoms with van der Waals surface area (Å²) in [4.78, 5) is 12.3. The van der Waals surface area contributed by atoms with E-state index in [1.54, 1.807) is 0 Å². The van der Waals surface area contributed by atoms with E-state index in [2.05, 4.69) is 28.2 Å². The number of hydrogen-bond donors (Lipinski definition) is 2. The first-order valence-corrected chi connectivity index (χ1v) is 7.77. The first-order chi connectivity index (χ1) is 9.52. The van der Waals surface area contributed by atoms with E-state index in [-0.39, 0.29) is 12.0 Å². The van der Waals surface area contributed by atoms with Gasteiger partial charge in [0.15, 0.2) is 0 Å². The van der Waals surface area contributed by atoms with Crippen molar-refractivity contribution in [3.05, 3.63) is 27.7 Å². The third-order valence-corrected chi connectivity index (χ3v) is 4.39. The SMILES string of the molecule is CCC1OCCC1CNC(=O)c1cc(Br)cc(N)c1C. The summed E-state index contributed by atoms with van der Waals surface area (Å²) in [6, 6.07) is 3.62. The maximum atomic E-state index is 12.3. The van der Waals surface area contributed by atoms with Gasteiger partial charge in [0, 0.05) is 34.8 Å². The van der Waals surface area contributed by atoms with Crippen molar-refractivity contribution in [2.45, 2.75) is 32.8 Å². The Hall–Kier alpha value is -1.07. The number of nitrogen functional groups attached to an aromatic ring is 1. The summed E-state index contributed by atoms with van der Waals surface area (Å²) < 4.78 is 6.46. The third-order valence-electron chi connectivity index (χ3n) is 3.93. The van der Waals surface area contributed by atoms with Crippen LogP contribution in [0.25, 0.3) is 0 Å². The van der Waals surface area contributed by atoms with Crippen molar-refractivity contribution in [3.63, 3.8) is 0 Å². The second-order valence-electron chi connectivity index (χ2n) is 5.24. The van der Waals surface area contributed by atoms with Crippen molar-refractivity contribution in [1.82, 2.24) is 5.32 Å². The Bertz CT molecular complexity index is 505. The van der Waals surface area contributed by atoms with Crippen molar-refractivity contribution in [2.75, 3.05) is 18.9 Å². The number of nitrogens with one attached hydrogen (secondary N) is 1. The van der Waals surface area contributed by atoms with Crippen LogP contribution >= 0.6 is 15.9 Å². The average Bonchev–Trinajstić information content (AvgIpc) is 2.87. The van der Waals surface area contributed by atoms with Gasteiger partial charge in [-0.05, 0) is 37.5 Å². The molecule has 1 amide bonds. The molecule has 1 aromatic carbocycles. The quantitative estimate of drug-likeness (QED) is 0.828. The Morgan fingerprint density at radius 2 is 2.30 bits per heavy atom. The fourth-order valence-corrected chi connectivity index (χ4v) is 3.11. The van der Waals surface area contributed by atoms with Crippen LogP contribution in [0, 0.1) is 12.8 Å². The zero-order valence-electron chi connectivity index (χ0n) is 11.9. The molecular formula is C15H21BrN2O2. The summed E-state index contributed by atoms with van der Waals surface area (Å²) in [6.07, 6.45) is 2.27. The standard InChI is InChI=1S/C15H21BrN2O2/c1-3-14-10(4-5-20-14)8-18-15(19)12-6-11(16)7-13(17)9(12)2/h6-7,10,14H,3-5,8,17H2,1-2H3,(H,18,19). The first-order valence-electron chi connectivity index (χ1n) is 6.98. The van der Waals surface area contributed by atoms with Crippen LogP contribution in [-0.4, -0.2) is 25.2 Å². The van der Waals surface area contributed by atoms with E-state index in [0.29, 0.717) is 23.7 Å². The van der Waals surface area contributed by atoms with Gasteiger partial charge in [0.25, 0.3) is 5.91 Å². The van der Waals surface area contributed by atoms with Crippen molar-refractivity contribution in [1.29, 1.82) is 0 Å². The molecule has 0 aromatic heterocycles. The molecule has 1 fully saturated rings. The number of carbonyl (C=O) groups is 1. The monoisotopic (exact) mass is 340 g/mol. The molecule has 110 valence electrons. The predicted octanol–water partition coefficient (Wildman–Crippen LogP) is 2.88. The van der Waals surface area contributed by atoms with Gasteiger partial charge in [0.1, 0.15) is 0 Å². The van der Waals surface area contributed by atoms with E-state index >= 15 is 0 Å². The van der Waals surface area contributed by atoms with Gasteiger partial charge in [-0.1, -0.05) is 22.9 Å². The first kappa shape index (κ1) is 15.3. The molecule has 0 saturated carbocycles. The van der Waals surface area contributed by atoms with Crippen LogP contribution in [0.1, 0.15) is 35.7 Å². The molecule has 2 unspecified atom stereocenters. The lowest BCUT2D eigenvalue weighted by Crippen LogP contribution is -2.33. The van der Waals surface area contributed by atoms with E-state index in [4.69, 9.17) is 10.5 Å². The van der Waals surface area contributed by atoms with Crippen LogP contribution in [0.2, 0.25) is 0 Å². The number of ether oxygens (including phenoxy) is 1. The molecule has 0 aliphatic carbocycles. The molecule has 20 heavy (non-hydrogen) atoms. The number of nitrogens with two attached hydrogens (primary N) is 1. The van der Waals surface area contributed by atoms with E-state index in [1.807, 2.05) is 19.1 Å². The molecule has 1 aromatic rings. The fourth-order valence-electron chi connectivity index (χ4n) is 2.63. The maximum absolute atomic E-state index is 12.3. The predicted molar refractivity (Wildman–Crippen MR) is 83.8 cm³/mol. The highest BCUT2D eigenvalue weighted by Gasteiger charge is 2.27. The number of amides is 1. The van der Waals surface area contributed by atoms with E-state index in [1.165, 1.54) is 0 Å². The topological polar surface area (TPSA) is 64.3 Å². The number of halogens is 1. The van der Waals surface area contributed by atoms with Gasteiger partial charge in [-0.3, -0.25) is 4.79 Å². The number of hydrogen-bond acceptors (Lipinski definition) is 3. The number of benzene rings is 1. The summed E-state index contributed by atoms with van der Waals surface area (Å²) in [5.74, 6) is 0.339. The molecule has 2 atom stereocenters. The molecule has 1 heterocycles. The van der Waals surface area contributed by atoms with Crippen molar-refractivity contribution < 1.29 is 9.53 Å². The zero-order chi connectivity index (χ0) is 14.7. The third kappa shape index (κ3) is 3.33. The van der Waals surface area contributed by atoms with Crippen LogP contribution in [0.3, 0.4) is 0 Å². The normalized spacial score (nSPS) is 21.9. The van der Waals surface area contributed by atoms with Gasteiger partial charge in [0.05, 0.1) is 6.10 Å². The fraction of sp³-hybridized carbons (Fsp3) is 0.533. The maximum Gasteiger partial charge on any atom is 0.251 e. The summed E-state index contributed by atoms with van der Waals surface area (Å²) in [5.41, 5.74) is 7.96. The largest absolute Gasteiger partial charge is 0.398 e. The Balaban J connectivity index is 2.02. The van der Waals surface area contributed by atoms with Crippen LogP contribution < -0.4 is 11.1 Å². The van der Waals surface area contributed by atoms with E-state index in [0.717, 1.165) is 29.5 Å². The van der Waals surface area contributed by atoms with Crippen LogP contribution in [0.4, 0.5) is 5.69 Å². The molecule has 1 aliphatic rings. The summed E-state index contributed by atoms with van der Waals surface area (Å²) in [6.45, 7) is 5.43. The number of rotatable bonds is 4. The highest BCUT2D eigenvalue weighted by molar-refractivity contribution is 9.10. The summed E-state index contributed by atoms with van der Waals surface area (Å²) in [7, 11) is 0. The molecule has 1 saturated heterocycles. The van der Waals surface area contributed by atoms with Gasteiger partial charge in [-0.25, -0.2) is 0 Å². The molecule has 3 N–H and O–H groups in total. The second kappa shape index (κ2) is 6.59. The summed E-state index contributed by atoms with van der Waals surface area (Å²) in [5, 5.41) is 3.01. The van der Waals surface area contributed by atoms with Crippen LogP contribution in [0.5, 0.6) is 0 Å². The van der Waals surface area contributed by atoms with Crippen LogP contribution in [-0.2, 0) is 4.74 Å². The minimum atomic E-state index is -0.0720. The van der Waals surface area contributed by atoms with Gasteiger partial charge in [-0.2, -0.15) is 0 Å². The number of anilines is 1. The van der Waals surface area contributed by atoms with Gasteiger partial charge < -0.3 is 15.8 Å². The Morgan fingerprint density at radius 1 is 1.55 bits per heavy atom. The minimum absolute atomic E-state index is 0.0720. The molecule has 1 aliphatic heterocycles. The molecule has 0 spiro atoms. The van der Waals surface area contributed by atoms with Gasteiger partial charge in [0.2, 0.25) is 0 Å². The Labute approximate surface area is 128 Å². The van der Waals surface area contributed by atoms with E-state index in [9.17, 15) is 4.79 Å². The number of carbonyl (C=O) groups excluding carboxylic acids is 1. The lowest BCUT2D eigenvalue weighted by molar-refractivity contribution is 0.0826. The lowest BCUT2D eigenvalue weighted by atomic mass is 9.99. The van der Waals surface area contributed by atoms with Crippen molar-refractivity contribution in [2.24, 2.45) is 5.92 Å². The van der Waals surface area contributed by atoms with E-state index < -0.39 is 0 Å². The molecule has 0 radical (unpaired) electrons. The average molecular weight is 341 g/mol. The lowest BCUT2D eigenvalue weighted by Gasteiger charge is -2.18. The second-order valence-corrected chi connectivity index (χ2v) is 6.16. The zero-order valence-corrected chi connectivity index (χ0v) is 13.5. The molecule has 5 heteroatoms. The van der Waals surface area contributed by atoms with Crippen LogP contribution in [0.15, 0.2) is 16.6 Å². The highest BCUT2D eigenvalue weighted by atomic mass is 79.9. The van der Waals surface area contributed by atoms with Crippen molar-refractivity contribution >= 4 is 27.5 Å². The molecule has 0 bridgehead atoms. The Morgan fingerprint density at radius 3 is 3.00 bits per heavy atom. The van der Waals surface area contributed by atoms with Gasteiger partial charge in [-0.15, -0.1) is 0 Å². The smallest absolute Gasteiger partial charge is 0.251 e. The van der Waals surface area contributed by atoms with Crippen molar-refractivity contribution in [3.8, 4) is 0 Å². The Kier molecular flexibility index (Phi) is 5.05. The van der Waals surface area contributed by atoms with Gasteiger partial charge >= 0.3 is 0 Å². The molecule has 2 rings (SSSR count).